The Morgan fingerprint density at radius 2 is 1.60 bits per heavy atom. The predicted octanol–water partition coefficient (Wildman–Crippen LogP) is 4.23. The molecule has 7 heteroatoms. The second-order valence-corrected chi connectivity index (χ2v) is 8.24. The van der Waals surface area contributed by atoms with E-state index in [1.165, 1.54) is 0 Å². The first-order chi connectivity index (χ1) is 14.3. The Morgan fingerprint density at radius 3 is 2.27 bits per heavy atom. The van der Waals surface area contributed by atoms with Crippen LogP contribution in [0.2, 0.25) is 5.02 Å². The number of hydrogen-bond acceptors (Lipinski definition) is 4. The summed E-state index contributed by atoms with van der Waals surface area (Å²) in [6.45, 7) is 5.26. The molecule has 1 aromatic heterocycles. The number of carbonyl (C=O) groups excluding carboxylic acids is 2. The maximum absolute atomic E-state index is 13.0. The molecule has 6 nitrogen and oxygen atoms in total. The molecule has 1 fully saturated rings. The van der Waals surface area contributed by atoms with Crippen LogP contribution in [0.4, 0.5) is 0 Å². The highest BCUT2D eigenvalue weighted by Gasteiger charge is 2.36. The van der Waals surface area contributed by atoms with Gasteiger partial charge in [-0.05, 0) is 50.2 Å². The van der Waals surface area contributed by atoms with Crippen LogP contribution in [-0.2, 0) is 4.79 Å². The molecule has 0 N–H and O–H groups in total. The van der Waals surface area contributed by atoms with Gasteiger partial charge in [0.05, 0.1) is 0 Å². The molecule has 2 aromatic carbocycles. The summed E-state index contributed by atoms with van der Waals surface area (Å²) >= 11 is 5.90. The third-order valence-corrected chi connectivity index (χ3v) is 5.44. The maximum Gasteiger partial charge on any atom is 0.289 e. The van der Waals surface area contributed by atoms with E-state index < -0.39 is 5.60 Å². The molecule has 4 rings (SSSR count). The van der Waals surface area contributed by atoms with Crippen LogP contribution in [0.5, 0.6) is 5.75 Å². The van der Waals surface area contributed by atoms with Gasteiger partial charge in [0.1, 0.15) is 11.3 Å². The summed E-state index contributed by atoms with van der Waals surface area (Å²) < 4.78 is 11.6. The van der Waals surface area contributed by atoms with Crippen molar-refractivity contribution in [3.8, 4) is 5.75 Å². The molecule has 1 saturated heterocycles. The summed E-state index contributed by atoms with van der Waals surface area (Å²) in [6.07, 6.45) is 0. The molecule has 0 atom stereocenters. The van der Waals surface area contributed by atoms with E-state index in [-0.39, 0.29) is 11.8 Å². The van der Waals surface area contributed by atoms with Crippen molar-refractivity contribution >= 4 is 34.4 Å². The van der Waals surface area contributed by atoms with Gasteiger partial charge in [0.15, 0.2) is 11.4 Å². The van der Waals surface area contributed by atoms with Crippen LogP contribution < -0.4 is 4.74 Å². The van der Waals surface area contributed by atoms with Gasteiger partial charge in [0, 0.05) is 36.6 Å². The lowest BCUT2D eigenvalue weighted by Gasteiger charge is -2.38. The minimum atomic E-state index is -1.03. The number of nitrogens with zero attached hydrogens (tertiary/aromatic N) is 2. The first kappa shape index (κ1) is 20.3. The molecule has 2 heterocycles. The van der Waals surface area contributed by atoms with Gasteiger partial charge in [-0.3, -0.25) is 9.59 Å². The maximum atomic E-state index is 13.0. The fourth-order valence-corrected chi connectivity index (χ4v) is 3.70. The first-order valence-corrected chi connectivity index (χ1v) is 10.2. The summed E-state index contributed by atoms with van der Waals surface area (Å²) in [4.78, 5) is 29.3. The Bertz CT molecular complexity index is 1030. The molecule has 0 bridgehead atoms. The number of halogens is 1. The quantitative estimate of drug-likeness (QED) is 0.626. The SMILES string of the molecule is CC(C)(Oc1ccc(Cl)cc1)C(=O)N1CCN(C(=O)c2cc3ccccc3o2)CC1. The third-order valence-electron chi connectivity index (χ3n) is 5.19. The Balaban J connectivity index is 1.37. The van der Waals surface area contributed by atoms with E-state index in [9.17, 15) is 9.59 Å². The number of hydrogen-bond donors (Lipinski definition) is 0. The van der Waals surface area contributed by atoms with Crippen LogP contribution >= 0.6 is 11.6 Å². The van der Waals surface area contributed by atoms with Crippen LogP contribution in [0, 0.1) is 0 Å². The second kappa shape index (κ2) is 8.03. The molecule has 0 saturated carbocycles. The smallest absolute Gasteiger partial charge is 0.289 e. The highest BCUT2D eigenvalue weighted by atomic mass is 35.5. The Kier molecular flexibility index (Phi) is 5.43. The van der Waals surface area contributed by atoms with Crippen molar-refractivity contribution in [3.05, 3.63) is 65.4 Å². The Morgan fingerprint density at radius 1 is 0.967 bits per heavy atom. The zero-order valence-electron chi connectivity index (χ0n) is 16.9. The number of rotatable bonds is 4. The van der Waals surface area contributed by atoms with E-state index >= 15 is 0 Å². The van der Waals surface area contributed by atoms with E-state index in [2.05, 4.69) is 0 Å². The molecule has 0 aliphatic carbocycles. The summed E-state index contributed by atoms with van der Waals surface area (Å²) in [5.74, 6) is 0.627. The predicted molar refractivity (Wildman–Crippen MR) is 115 cm³/mol. The molecular weight excluding hydrogens is 404 g/mol. The molecule has 0 spiro atoms. The van der Waals surface area contributed by atoms with Crippen molar-refractivity contribution in [1.82, 2.24) is 9.80 Å². The van der Waals surface area contributed by atoms with Crippen molar-refractivity contribution < 1.29 is 18.7 Å². The van der Waals surface area contributed by atoms with Gasteiger partial charge in [-0.25, -0.2) is 0 Å². The topological polar surface area (TPSA) is 63.0 Å². The molecule has 1 aliphatic heterocycles. The number of amides is 2. The third kappa shape index (κ3) is 4.14. The van der Waals surface area contributed by atoms with Crippen LogP contribution in [0.15, 0.2) is 59.0 Å². The second-order valence-electron chi connectivity index (χ2n) is 7.80. The molecular formula is C23H23ClN2O4. The molecule has 0 radical (unpaired) electrons. The lowest BCUT2D eigenvalue weighted by atomic mass is 10.1. The first-order valence-electron chi connectivity index (χ1n) is 9.85. The standard InChI is InChI=1S/C23H23ClN2O4/c1-23(2,30-18-9-7-17(24)8-10-18)22(28)26-13-11-25(12-14-26)21(27)20-15-16-5-3-4-6-19(16)29-20/h3-10,15H,11-14H2,1-2H3. The minimum absolute atomic E-state index is 0.117. The van der Waals surface area contributed by atoms with E-state index in [0.717, 1.165) is 5.39 Å². The van der Waals surface area contributed by atoms with Crippen LogP contribution in [0.3, 0.4) is 0 Å². The molecule has 0 unspecified atom stereocenters. The Labute approximate surface area is 180 Å². The zero-order valence-corrected chi connectivity index (χ0v) is 17.7. The van der Waals surface area contributed by atoms with Crippen molar-refractivity contribution in [2.24, 2.45) is 0 Å². The molecule has 1 aliphatic rings. The average molecular weight is 427 g/mol. The van der Waals surface area contributed by atoms with E-state index in [1.807, 2.05) is 24.3 Å². The summed E-state index contributed by atoms with van der Waals surface area (Å²) in [5, 5.41) is 1.51. The molecule has 156 valence electrons. The van der Waals surface area contributed by atoms with Crippen molar-refractivity contribution in [2.75, 3.05) is 26.2 Å². The van der Waals surface area contributed by atoms with Crippen LogP contribution in [-0.4, -0.2) is 53.4 Å². The van der Waals surface area contributed by atoms with Gasteiger partial charge in [-0.15, -0.1) is 0 Å². The van der Waals surface area contributed by atoms with Crippen LogP contribution in [0.25, 0.3) is 11.0 Å². The minimum Gasteiger partial charge on any atom is -0.478 e. The van der Waals surface area contributed by atoms with Crippen LogP contribution in [0.1, 0.15) is 24.4 Å². The number of furan rings is 1. The van der Waals surface area contributed by atoms with Gasteiger partial charge in [-0.2, -0.15) is 0 Å². The summed E-state index contributed by atoms with van der Waals surface area (Å²) in [7, 11) is 0. The molecule has 3 aromatic rings. The number of benzene rings is 2. The van der Waals surface area contributed by atoms with Crippen molar-refractivity contribution in [1.29, 1.82) is 0 Å². The van der Waals surface area contributed by atoms with E-state index in [0.29, 0.717) is 48.3 Å². The number of para-hydroxylation sites is 1. The fraction of sp³-hybridized carbons (Fsp3) is 0.304. The fourth-order valence-electron chi connectivity index (χ4n) is 3.58. The highest BCUT2D eigenvalue weighted by molar-refractivity contribution is 6.30. The van der Waals surface area contributed by atoms with Gasteiger partial charge in [-0.1, -0.05) is 29.8 Å². The Hall–Kier alpha value is -2.99. The van der Waals surface area contributed by atoms with Crippen molar-refractivity contribution in [3.63, 3.8) is 0 Å². The molecule has 30 heavy (non-hydrogen) atoms. The van der Waals surface area contributed by atoms with Gasteiger partial charge in [0.25, 0.3) is 11.8 Å². The summed E-state index contributed by atoms with van der Waals surface area (Å²) in [6, 6.07) is 16.2. The van der Waals surface area contributed by atoms with E-state index in [4.69, 9.17) is 20.8 Å². The van der Waals surface area contributed by atoms with E-state index in [1.54, 1.807) is 54.0 Å². The van der Waals surface area contributed by atoms with Gasteiger partial charge >= 0.3 is 0 Å². The van der Waals surface area contributed by atoms with Gasteiger partial charge in [0.2, 0.25) is 0 Å². The van der Waals surface area contributed by atoms with Gasteiger partial charge < -0.3 is 19.0 Å². The van der Waals surface area contributed by atoms with Crippen molar-refractivity contribution in [2.45, 2.75) is 19.4 Å². The number of fused-ring (bicyclic) bond motifs is 1. The average Bonchev–Trinajstić information content (AvgIpc) is 3.18. The lowest BCUT2D eigenvalue weighted by Crippen LogP contribution is -2.56. The summed E-state index contributed by atoms with van der Waals surface area (Å²) in [5.41, 5.74) is -0.339. The lowest BCUT2D eigenvalue weighted by molar-refractivity contribution is -0.147. The zero-order chi connectivity index (χ0) is 21.3. The number of carbonyl (C=O) groups is 2. The monoisotopic (exact) mass is 426 g/mol. The molecule has 2 amide bonds. The normalized spacial score (nSPS) is 14.8. The largest absolute Gasteiger partial charge is 0.478 e. The number of ether oxygens (including phenoxy) is 1. The highest BCUT2D eigenvalue weighted by Crippen LogP contribution is 2.24. The number of piperazine rings is 1.